The summed E-state index contributed by atoms with van der Waals surface area (Å²) in [5, 5.41) is 13.7. The Morgan fingerprint density at radius 2 is 2.00 bits per heavy atom. The van der Waals surface area contributed by atoms with Crippen molar-refractivity contribution in [2.45, 2.75) is 11.7 Å². The molecule has 0 radical (unpaired) electrons. The average Bonchev–Trinajstić information content (AvgIpc) is 3.12. The van der Waals surface area contributed by atoms with Gasteiger partial charge in [-0.1, -0.05) is 30.0 Å². The molecule has 124 valence electrons. The van der Waals surface area contributed by atoms with Gasteiger partial charge in [-0.15, -0.1) is 0 Å². The molecule has 3 aromatic rings. The van der Waals surface area contributed by atoms with E-state index in [9.17, 15) is 0 Å². The lowest BCUT2D eigenvalue weighted by Crippen LogP contribution is -2.04. The number of nitriles is 1. The van der Waals surface area contributed by atoms with Gasteiger partial charge in [-0.05, 0) is 29.8 Å². The molecule has 25 heavy (non-hydrogen) atoms. The molecule has 7 heteroatoms. The van der Waals surface area contributed by atoms with Gasteiger partial charge in [-0.25, -0.2) is 9.97 Å². The minimum Gasteiger partial charge on any atom is -0.454 e. The summed E-state index contributed by atoms with van der Waals surface area (Å²) in [4.78, 5) is 9.06. The molecule has 0 unspecified atom stereocenters. The van der Waals surface area contributed by atoms with Gasteiger partial charge in [0.25, 0.3) is 0 Å². The molecule has 1 aliphatic heterocycles. The van der Waals surface area contributed by atoms with Crippen molar-refractivity contribution in [3.63, 3.8) is 0 Å². The maximum Gasteiger partial charge on any atom is 0.231 e. The minimum absolute atomic E-state index is 0.266. The van der Waals surface area contributed by atoms with E-state index in [0.29, 0.717) is 17.5 Å². The molecule has 0 spiro atoms. The summed E-state index contributed by atoms with van der Waals surface area (Å²) in [6, 6.07) is 15.8. The zero-order valence-corrected chi connectivity index (χ0v) is 14.0. The largest absolute Gasteiger partial charge is 0.454 e. The Morgan fingerprint density at radius 1 is 1.12 bits per heavy atom. The fraction of sp³-hybridized carbons (Fsp3) is 0.167. The molecule has 1 N–H and O–H groups in total. The van der Waals surface area contributed by atoms with E-state index < -0.39 is 0 Å². The first-order valence-electron chi connectivity index (χ1n) is 7.72. The summed E-state index contributed by atoms with van der Waals surface area (Å²) >= 11 is 1.33. The van der Waals surface area contributed by atoms with Crippen LogP contribution in [-0.4, -0.2) is 22.5 Å². The molecule has 0 saturated carbocycles. The van der Waals surface area contributed by atoms with Crippen LogP contribution in [0.4, 0.5) is 5.82 Å². The molecule has 0 aliphatic carbocycles. The third-order valence-electron chi connectivity index (χ3n) is 3.75. The third-order valence-corrected chi connectivity index (χ3v) is 4.46. The van der Waals surface area contributed by atoms with E-state index in [2.05, 4.69) is 21.4 Å². The lowest BCUT2D eigenvalue weighted by molar-refractivity contribution is 0.174. The second-order valence-corrected chi connectivity index (χ2v) is 6.30. The van der Waals surface area contributed by atoms with Crippen LogP contribution in [0.5, 0.6) is 11.5 Å². The van der Waals surface area contributed by atoms with Crippen LogP contribution in [0, 0.1) is 11.3 Å². The number of nitrogens with zero attached hydrogens (tertiary/aromatic N) is 3. The number of aromatic nitrogens is 2. The van der Waals surface area contributed by atoms with Crippen molar-refractivity contribution < 1.29 is 9.47 Å². The summed E-state index contributed by atoms with van der Waals surface area (Å²) in [7, 11) is 0. The Hall–Kier alpha value is -2.98. The number of thioether (sulfide) groups is 1. The summed E-state index contributed by atoms with van der Waals surface area (Å²) in [5.74, 6) is 2.60. The van der Waals surface area contributed by atoms with Crippen molar-refractivity contribution in [3.8, 4) is 17.6 Å². The molecule has 0 fully saturated rings. The first-order chi connectivity index (χ1) is 12.3. The van der Waals surface area contributed by atoms with Crippen molar-refractivity contribution in [2.75, 3.05) is 17.9 Å². The highest BCUT2D eigenvalue weighted by molar-refractivity contribution is 7.99. The van der Waals surface area contributed by atoms with Crippen molar-refractivity contribution >= 4 is 28.5 Å². The minimum atomic E-state index is 0.266. The Bertz CT molecular complexity index is 971. The van der Waals surface area contributed by atoms with Gasteiger partial charge < -0.3 is 14.8 Å². The van der Waals surface area contributed by atoms with Crippen molar-refractivity contribution in [1.82, 2.24) is 9.97 Å². The number of hydrogen-bond donors (Lipinski definition) is 1. The van der Waals surface area contributed by atoms with E-state index >= 15 is 0 Å². The van der Waals surface area contributed by atoms with E-state index in [1.165, 1.54) is 11.8 Å². The summed E-state index contributed by atoms with van der Waals surface area (Å²) in [5.41, 5.74) is 1.92. The lowest BCUT2D eigenvalue weighted by Gasteiger charge is -2.10. The summed E-state index contributed by atoms with van der Waals surface area (Å²) in [6.07, 6.45) is 0. The van der Waals surface area contributed by atoms with Gasteiger partial charge in [-0.3, -0.25) is 0 Å². The second kappa shape index (κ2) is 6.87. The predicted molar refractivity (Wildman–Crippen MR) is 95.8 cm³/mol. The number of para-hydroxylation sites is 1. The Balaban J connectivity index is 1.60. The second-order valence-electron chi connectivity index (χ2n) is 5.36. The van der Waals surface area contributed by atoms with Crippen molar-refractivity contribution in [2.24, 2.45) is 0 Å². The molecular weight excluding hydrogens is 336 g/mol. The molecule has 0 atom stereocenters. The molecule has 1 aromatic heterocycles. The molecule has 2 aromatic carbocycles. The highest BCUT2D eigenvalue weighted by Gasteiger charge is 2.13. The number of fused-ring (bicyclic) bond motifs is 2. The highest BCUT2D eigenvalue weighted by atomic mass is 32.2. The summed E-state index contributed by atoms with van der Waals surface area (Å²) in [6.45, 7) is 0.863. The first kappa shape index (κ1) is 15.5. The van der Waals surface area contributed by atoms with Crippen LogP contribution in [0.3, 0.4) is 0 Å². The van der Waals surface area contributed by atoms with Gasteiger partial charge in [-0.2, -0.15) is 5.26 Å². The maximum atomic E-state index is 8.77. The maximum absolute atomic E-state index is 8.77. The van der Waals surface area contributed by atoms with E-state index in [4.69, 9.17) is 14.7 Å². The standard InChI is InChI=1S/C18H14N4O2S/c19-7-8-25-18-21-14-4-2-1-3-13(14)17(22-18)20-10-12-5-6-15-16(9-12)24-11-23-15/h1-6,9H,8,10-11H2,(H,20,21,22). The van der Waals surface area contributed by atoms with Gasteiger partial charge >= 0.3 is 0 Å². The molecule has 0 saturated heterocycles. The topological polar surface area (TPSA) is 80.1 Å². The fourth-order valence-electron chi connectivity index (χ4n) is 2.59. The Labute approximate surface area is 148 Å². The Morgan fingerprint density at radius 3 is 2.92 bits per heavy atom. The summed E-state index contributed by atoms with van der Waals surface area (Å²) < 4.78 is 10.8. The van der Waals surface area contributed by atoms with Gasteiger partial charge in [0.15, 0.2) is 16.7 Å². The number of benzene rings is 2. The molecule has 0 amide bonds. The number of anilines is 1. The van der Waals surface area contributed by atoms with Crippen LogP contribution >= 0.6 is 11.8 Å². The number of ether oxygens (including phenoxy) is 2. The average molecular weight is 350 g/mol. The zero-order chi connectivity index (χ0) is 17.1. The van der Waals surface area contributed by atoms with Gasteiger partial charge in [0.1, 0.15) is 5.82 Å². The molecule has 1 aliphatic rings. The molecule has 4 rings (SSSR count). The monoisotopic (exact) mass is 350 g/mol. The van der Waals surface area contributed by atoms with Crippen LogP contribution in [0.2, 0.25) is 0 Å². The van der Waals surface area contributed by atoms with Gasteiger partial charge in [0.2, 0.25) is 6.79 Å². The quantitative estimate of drug-likeness (QED) is 0.556. The van der Waals surface area contributed by atoms with E-state index in [1.807, 2.05) is 42.5 Å². The SMILES string of the molecule is N#CCSc1nc(NCc2ccc3c(c2)OCO3)c2ccccc2n1. The van der Waals surface area contributed by atoms with Gasteiger partial charge in [0, 0.05) is 11.9 Å². The van der Waals surface area contributed by atoms with Gasteiger partial charge in [0.05, 0.1) is 17.3 Å². The van der Waals surface area contributed by atoms with Crippen LogP contribution in [0.1, 0.15) is 5.56 Å². The highest BCUT2D eigenvalue weighted by Crippen LogP contribution is 2.33. The third kappa shape index (κ3) is 3.30. The van der Waals surface area contributed by atoms with Crippen LogP contribution < -0.4 is 14.8 Å². The van der Waals surface area contributed by atoms with Crippen LogP contribution in [-0.2, 0) is 6.54 Å². The van der Waals surface area contributed by atoms with Crippen molar-refractivity contribution in [1.29, 1.82) is 5.26 Å². The zero-order valence-electron chi connectivity index (χ0n) is 13.2. The normalized spacial score (nSPS) is 12.1. The smallest absolute Gasteiger partial charge is 0.231 e. The lowest BCUT2D eigenvalue weighted by atomic mass is 10.2. The Kier molecular flexibility index (Phi) is 4.27. The first-order valence-corrected chi connectivity index (χ1v) is 8.71. The van der Waals surface area contributed by atoms with Crippen LogP contribution in [0.15, 0.2) is 47.6 Å². The van der Waals surface area contributed by atoms with E-state index in [-0.39, 0.29) is 6.79 Å². The van der Waals surface area contributed by atoms with Crippen LogP contribution in [0.25, 0.3) is 10.9 Å². The number of rotatable bonds is 5. The molecular formula is C18H14N4O2S. The molecule has 0 bridgehead atoms. The van der Waals surface area contributed by atoms with Crippen molar-refractivity contribution in [3.05, 3.63) is 48.0 Å². The van der Waals surface area contributed by atoms with E-state index in [1.54, 1.807) is 0 Å². The molecule has 6 nitrogen and oxygen atoms in total. The molecule has 2 heterocycles. The predicted octanol–water partition coefficient (Wildman–Crippen LogP) is 3.59. The number of nitrogens with one attached hydrogen (secondary N) is 1. The number of hydrogen-bond acceptors (Lipinski definition) is 7. The van der Waals surface area contributed by atoms with E-state index in [0.717, 1.165) is 33.8 Å². The fourth-order valence-corrected chi connectivity index (χ4v) is 3.10.